The van der Waals surface area contributed by atoms with Gasteiger partial charge in [0.2, 0.25) is 0 Å². The summed E-state index contributed by atoms with van der Waals surface area (Å²) in [6, 6.07) is 6.59. The topological polar surface area (TPSA) is 29.3 Å². The molecular weight excluding hydrogens is 276 g/mol. The molecule has 0 heterocycles. The van der Waals surface area contributed by atoms with Gasteiger partial charge in [0.15, 0.2) is 0 Å². The molecule has 0 atom stereocenters. The highest BCUT2D eigenvalue weighted by atomic mass is 79.9. The quantitative estimate of drug-likeness (QED) is 0.834. The van der Waals surface area contributed by atoms with Crippen molar-refractivity contribution in [2.45, 2.75) is 33.1 Å². The van der Waals surface area contributed by atoms with Crippen molar-refractivity contribution >= 4 is 21.6 Å². The average molecular weight is 299 g/mol. The first-order valence-electron chi connectivity index (χ1n) is 6.46. The molecule has 96 valence electrons. The lowest BCUT2D eigenvalue weighted by Gasteiger charge is -2.25. The molecule has 0 amide bonds. The molecule has 0 unspecified atom stereocenters. The minimum atomic E-state index is 0.708. The number of nitrogens with two attached hydrogens (primary N) is 1. The van der Waals surface area contributed by atoms with Gasteiger partial charge in [0, 0.05) is 17.6 Å². The Kier molecular flexibility index (Phi) is 6.60. The SMILES string of the molecule is CCCN(CCC)c1ccc(CCN)cc1Br. The van der Waals surface area contributed by atoms with Crippen molar-refractivity contribution in [3.05, 3.63) is 28.2 Å². The highest BCUT2D eigenvalue weighted by Gasteiger charge is 2.08. The van der Waals surface area contributed by atoms with Crippen LogP contribution in [0.2, 0.25) is 0 Å². The molecule has 17 heavy (non-hydrogen) atoms. The summed E-state index contributed by atoms with van der Waals surface area (Å²) in [5.74, 6) is 0. The van der Waals surface area contributed by atoms with Crippen LogP contribution >= 0.6 is 15.9 Å². The van der Waals surface area contributed by atoms with Gasteiger partial charge in [-0.25, -0.2) is 0 Å². The number of rotatable bonds is 7. The highest BCUT2D eigenvalue weighted by molar-refractivity contribution is 9.10. The molecule has 0 aromatic heterocycles. The van der Waals surface area contributed by atoms with E-state index in [-0.39, 0.29) is 0 Å². The molecule has 0 fully saturated rings. The Bertz CT molecular complexity index is 333. The van der Waals surface area contributed by atoms with Crippen LogP contribution in [0.4, 0.5) is 5.69 Å². The maximum atomic E-state index is 5.58. The first-order valence-corrected chi connectivity index (χ1v) is 7.25. The monoisotopic (exact) mass is 298 g/mol. The van der Waals surface area contributed by atoms with Crippen LogP contribution in [-0.4, -0.2) is 19.6 Å². The third kappa shape index (κ3) is 4.32. The van der Waals surface area contributed by atoms with E-state index in [2.05, 4.69) is 52.9 Å². The smallest absolute Gasteiger partial charge is 0.0510 e. The van der Waals surface area contributed by atoms with Gasteiger partial charge in [-0.1, -0.05) is 19.9 Å². The number of hydrogen-bond donors (Lipinski definition) is 1. The molecule has 0 spiro atoms. The summed E-state index contributed by atoms with van der Waals surface area (Å²) in [5.41, 5.74) is 8.18. The lowest BCUT2D eigenvalue weighted by molar-refractivity contribution is 0.743. The molecular formula is C14H23BrN2. The molecule has 0 aliphatic rings. The second-order valence-corrected chi connectivity index (χ2v) is 5.17. The normalized spacial score (nSPS) is 10.6. The summed E-state index contributed by atoms with van der Waals surface area (Å²) < 4.78 is 1.19. The minimum Gasteiger partial charge on any atom is -0.371 e. The van der Waals surface area contributed by atoms with Gasteiger partial charge < -0.3 is 10.6 Å². The highest BCUT2D eigenvalue weighted by Crippen LogP contribution is 2.28. The van der Waals surface area contributed by atoms with Gasteiger partial charge in [-0.15, -0.1) is 0 Å². The lowest BCUT2D eigenvalue weighted by Crippen LogP contribution is -2.25. The van der Waals surface area contributed by atoms with Crippen LogP contribution in [0, 0.1) is 0 Å². The van der Waals surface area contributed by atoms with E-state index in [9.17, 15) is 0 Å². The zero-order valence-corrected chi connectivity index (χ0v) is 12.5. The van der Waals surface area contributed by atoms with Crippen molar-refractivity contribution in [2.75, 3.05) is 24.5 Å². The Hall–Kier alpha value is -0.540. The molecule has 0 saturated carbocycles. The van der Waals surface area contributed by atoms with Crippen LogP contribution in [0.3, 0.4) is 0 Å². The van der Waals surface area contributed by atoms with E-state index < -0.39 is 0 Å². The maximum absolute atomic E-state index is 5.58. The van der Waals surface area contributed by atoms with Crippen LogP contribution in [0.15, 0.2) is 22.7 Å². The summed E-state index contributed by atoms with van der Waals surface area (Å²) in [6.45, 7) is 7.38. The fraction of sp³-hybridized carbons (Fsp3) is 0.571. The van der Waals surface area contributed by atoms with E-state index >= 15 is 0 Å². The molecule has 1 aromatic rings. The minimum absolute atomic E-state index is 0.708. The van der Waals surface area contributed by atoms with E-state index in [1.54, 1.807) is 0 Å². The van der Waals surface area contributed by atoms with Crippen LogP contribution in [0.25, 0.3) is 0 Å². The molecule has 0 aliphatic carbocycles. The Morgan fingerprint density at radius 3 is 2.29 bits per heavy atom. The van der Waals surface area contributed by atoms with Crippen LogP contribution in [-0.2, 0) is 6.42 Å². The van der Waals surface area contributed by atoms with Crippen molar-refractivity contribution in [2.24, 2.45) is 5.73 Å². The second kappa shape index (κ2) is 7.72. The Morgan fingerprint density at radius 1 is 1.18 bits per heavy atom. The number of halogens is 1. The van der Waals surface area contributed by atoms with Gasteiger partial charge in [-0.05, 0) is 59.4 Å². The average Bonchev–Trinajstić information content (AvgIpc) is 2.29. The van der Waals surface area contributed by atoms with Crippen molar-refractivity contribution in [1.29, 1.82) is 0 Å². The Balaban J connectivity index is 2.87. The largest absolute Gasteiger partial charge is 0.371 e. The van der Waals surface area contributed by atoms with E-state index in [0.717, 1.165) is 19.5 Å². The maximum Gasteiger partial charge on any atom is 0.0510 e. The fourth-order valence-electron chi connectivity index (χ4n) is 2.02. The van der Waals surface area contributed by atoms with Crippen LogP contribution < -0.4 is 10.6 Å². The van der Waals surface area contributed by atoms with E-state index in [4.69, 9.17) is 5.73 Å². The molecule has 2 N–H and O–H groups in total. The van der Waals surface area contributed by atoms with Gasteiger partial charge in [-0.3, -0.25) is 0 Å². The first kappa shape index (κ1) is 14.5. The van der Waals surface area contributed by atoms with Crippen LogP contribution in [0.5, 0.6) is 0 Å². The third-order valence-corrected chi connectivity index (χ3v) is 3.41. The van der Waals surface area contributed by atoms with Gasteiger partial charge in [0.25, 0.3) is 0 Å². The molecule has 0 bridgehead atoms. The molecule has 0 aliphatic heterocycles. The van der Waals surface area contributed by atoms with Crippen molar-refractivity contribution in [3.63, 3.8) is 0 Å². The van der Waals surface area contributed by atoms with E-state index in [1.165, 1.54) is 28.6 Å². The number of anilines is 1. The zero-order valence-electron chi connectivity index (χ0n) is 10.9. The summed E-state index contributed by atoms with van der Waals surface area (Å²) in [6.07, 6.45) is 3.30. The summed E-state index contributed by atoms with van der Waals surface area (Å²) in [5, 5.41) is 0. The van der Waals surface area contributed by atoms with Gasteiger partial charge in [-0.2, -0.15) is 0 Å². The van der Waals surface area contributed by atoms with Crippen LogP contribution in [0.1, 0.15) is 32.3 Å². The standard InChI is InChI=1S/C14H23BrN2/c1-3-9-17(10-4-2)14-6-5-12(7-8-16)11-13(14)15/h5-6,11H,3-4,7-10,16H2,1-2H3. The first-order chi connectivity index (χ1) is 8.22. The van der Waals surface area contributed by atoms with Gasteiger partial charge in [0.05, 0.1) is 5.69 Å². The molecule has 0 radical (unpaired) electrons. The van der Waals surface area contributed by atoms with E-state index in [1.807, 2.05) is 0 Å². The van der Waals surface area contributed by atoms with E-state index in [0.29, 0.717) is 6.54 Å². The van der Waals surface area contributed by atoms with Crippen molar-refractivity contribution < 1.29 is 0 Å². The third-order valence-electron chi connectivity index (χ3n) is 2.77. The molecule has 3 heteroatoms. The molecule has 2 nitrogen and oxygen atoms in total. The Labute approximate surface area is 113 Å². The second-order valence-electron chi connectivity index (χ2n) is 4.31. The zero-order chi connectivity index (χ0) is 12.7. The summed E-state index contributed by atoms with van der Waals surface area (Å²) >= 11 is 3.68. The van der Waals surface area contributed by atoms with Crippen molar-refractivity contribution in [1.82, 2.24) is 0 Å². The summed E-state index contributed by atoms with van der Waals surface area (Å²) in [4.78, 5) is 2.44. The van der Waals surface area contributed by atoms with Gasteiger partial charge in [0.1, 0.15) is 0 Å². The summed E-state index contributed by atoms with van der Waals surface area (Å²) in [7, 11) is 0. The fourth-order valence-corrected chi connectivity index (χ4v) is 2.70. The van der Waals surface area contributed by atoms with Gasteiger partial charge >= 0.3 is 0 Å². The number of hydrogen-bond acceptors (Lipinski definition) is 2. The molecule has 1 aromatic carbocycles. The molecule has 1 rings (SSSR count). The predicted octanol–water partition coefficient (Wildman–Crippen LogP) is 3.58. The van der Waals surface area contributed by atoms with Crippen molar-refractivity contribution in [3.8, 4) is 0 Å². The predicted molar refractivity (Wildman–Crippen MR) is 79.7 cm³/mol. The molecule has 0 saturated heterocycles. The lowest BCUT2D eigenvalue weighted by atomic mass is 10.1. The number of benzene rings is 1. The Morgan fingerprint density at radius 2 is 1.82 bits per heavy atom. The number of nitrogens with zero attached hydrogens (tertiary/aromatic N) is 1.